The number of rotatable bonds is 8. The van der Waals surface area contributed by atoms with Crippen LogP contribution in [0.25, 0.3) is 0 Å². The summed E-state index contributed by atoms with van der Waals surface area (Å²) in [6.07, 6.45) is -2.74. The molecule has 2 atom stereocenters. The summed E-state index contributed by atoms with van der Waals surface area (Å²) in [6, 6.07) is 7.43. The molecule has 202 valence electrons. The van der Waals surface area contributed by atoms with Gasteiger partial charge in [0, 0.05) is 12.7 Å². The van der Waals surface area contributed by atoms with Crippen LogP contribution in [0, 0.1) is 5.92 Å². The molecule has 3 heterocycles. The zero-order valence-electron chi connectivity index (χ0n) is 21.4. The third kappa shape index (κ3) is 5.36. The van der Waals surface area contributed by atoms with E-state index < -0.39 is 41.7 Å². The van der Waals surface area contributed by atoms with Gasteiger partial charge in [-0.15, -0.1) is 0 Å². The van der Waals surface area contributed by atoms with Crippen LogP contribution in [0.4, 0.5) is 18.0 Å². The van der Waals surface area contributed by atoms with E-state index in [2.05, 4.69) is 15.6 Å². The largest absolute Gasteiger partial charge is 0.416 e. The summed E-state index contributed by atoms with van der Waals surface area (Å²) in [6.45, 7) is 5.85. The maximum Gasteiger partial charge on any atom is 0.416 e. The first kappa shape index (κ1) is 27.2. The van der Waals surface area contributed by atoms with Crippen molar-refractivity contribution in [1.29, 1.82) is 0 Å². The van der Waals surface area contributed by atoms with Crippen molar-refractivity contribution in [2.45, 2.75) is 52.0 Å². The summed E-state index contributed by atoms with van der Waals surface area (Å²) >= 11 is 0. The molecule has 0 saturated carbocycles. The van der Waals surface area contributed by atoms with Crippen molar-refractivity contribution in [3.05, 3.63) is 76.8 Å². The number of urea groups is 1. The van der Waals surface area contributed by atoms with Gasteiger partial charge in [-0.05, 0) is 43.0 Å². The van der Waals surface area contributed by atoms with Crippen LogP contribution in [-0.2, 0) is 22.3 Å². The fourth-order valence-electron chi connectivity index (χ4n) is 4.96. The van der Waals surface area contributed by atoms with Gasteiger partial charge in [-0.2, -0.15) is 13.2 Å². The molecule has 11 heteroatoms. The second-order valence-electron chi connectivity index (χ2n) is 9.69. The van der Waals surface area contributed by atoms with Crippen LogP contribution in [0.15, 0.2) is 59.9 Å². The van der Waals surface area contributed by atoms with Crippen molar-refractivity contribution < 1.29 is 27.6 Å². The van der Waals surface area contributed by atoms with Gasteiger partial charge in [-0.3, -0.25) is 19.5 Å². The lowest BCUT2D eigenvalue weighted by Gasteiger charge is -2.33. The number of hydrogen-bond acceptors (Lipinski definition) is 4. The Morgan fingerprint density at radius 1 is 1.16 bits per heavy atom. The van der Waals surface area contributed by atoms with E-state index in [4.69, 9.17) is 0 Å². The number of hydrogen-bond donors (Lipinski definition) is 2. The Morgan fingerprint density at radius 3 is 2.50 bits per heavy atom. The van der Waals surface area contributed by atoms with Gasteiger partial charge in [0.25, 0.3) is 5.91 Å². The average molecular weight is 530 g/mol. The number of carbonyl (C=O) groups is 3. The van der Waals surface area contributed by atoms with E-state index >= 15 is 0 Å². The minimum atomic E-state index is -4.68. The van der Waals surface area contributed by atoms with E-state index in [9.17, 15) is 27.6 Å². The second kappa shape index (κ2) is 10.8. The molecular formula is C27H30F3N5O3. The molecular weight excluding hydrogens is 499 g/mol. The lowest BCUT2D eigenvalue weighted by molar-refractivity contribution is -0.139. The van der Waals surface area contributed by atoms with E-state index in [0.29, 0.717) is 17.8 Å². The minimum absolute atomic E-state index is 0.0369. The molecule has 2 aliphatic heterocycles. The van der Waals surface area contributed by atoms with Crippen LogP contribution in [0.3, 0.4) is 0 Å². The molecule has 38 heavy (non-hydrogen) atoms. The number of nitrogens with zero attached hydrogens (tertiary/aromatic N) is 3. The Labute approximate surface area is 218 Å². The number of halogens is 3. The smallest absolute Gasteiger partial charge is 0.349 e. The Kier molecular flexibility index (Phi) is 7.75. The molecule has 0 aliphatic carbocycles. The third-order valence-corrected chi connectivity index (χ3v) is 6.69. The molecule has 0 radical (unpaired) electrons. The van der Waals surface area contributed by atoms with Crippen LogP contribution < -0.4 is 10.6 Å². The number of amides is 4. The zero-order chi connectivity index (χ0) is 27.6. The van der Waals surface area contributed by atoms with Crippen molar-refractivity contribution in [2.24, 2.45) is 5.92 Å². The number of benzene rings is 1. The molecule has 0 saturated heterocycles. The first-order valence-corrected chi connectivity index (χ1v) is 12.5. The monoisotopic (exact) mass is 529 g/mol. The van der Waals surface area contributed by atoms with Gasteiger partial charge in [0.15, 0.2) is 0 Å². The fraction of sp³-hybridized carbons (Fsp3) is 0.407. The SMILES string of the molecule is CCN1C(=O)N[C@H](c2ccccc2C(F)(F)F)C2=C1CN([C@H](CC(C)C)C(=O)NCc1ccccn1)C2=O. The van der Waals surface area contributed by atoms with Crippen molar-refractivity contribution in [1.82, 2.24) is 25.4 Å². The van der Waals surface area contributed by atoms with Crippen LogP contribution in [-0.4, -0.2) is 51.8 Å². The molecule has 0 spiro atoms. The maximum atomic E-state index is 13.9. The molecule has 2 N–H and O–H groups in total. The molecule has 4 rings (SSSR count). The quantitative estimate of drug-likeness (QED) is 0.540. The lowest BCUT2D eigenvalue weighted by Crippen LogP contribution is -2.49. The summed E-state index contributed by atoms with van der Waals surface area (Å²) in [5.74, 6) is -0.930. The van der Waals surface area contributed by atoms with Gasteiger partial charge >= 0.3 is 12.2 Å². The van der Waals surface area contributed by atoms with Crippen LogP contribution in [0.1, 0.15) is 50.1 Å². The van der Waals surface area contributed by atoms with E-state index in [1.54, 1.807) is 31.3 Å². The molecule has 1 aromatic carbocycles. The second-order valence-corrected chi connectivity index (χ2v) is 9.69. The fourth-order valence-corrected chi connectivity index (χ4v) is 4.96. The molecule has 0 unspecified atom stereocenters. The van der Waals surface area contributed by atoms with E-state index in [1.807, 2.05) is 13.8 Å². The Bertz CT molecular complexity index is 1250. The van der Waals surface area contributed by atoms with Crippen molar-refractivity contribution >= 4 is 17.8 Å². The number of alkyl halides is 3. The highest BCUT2D eigenvalue weighted by Gasteiger charge is 2.48. The van der Waals surface area contributed by atoms with Gasteiger partial charge in [0.05, 0.1) is 41.7 Å². The van der Waals surface area contributed by atoms with Crippen LogP contribution in [0.5, 0.6) is 0 Å². The summed E-state index contributed by atoms with van der Waals surface area (Å²) in [5, 5.41) is 5.43. The Hall–Kier alpha value is -3.89. The Balaban J connectivity index is 1.69. The molecule has 1 aromatic heterocycles. The molecule has 4 amide bonds. The number of nitrogens with one attached hydrogen (secondary N) is 2. The number of aromatic nitrogens is 1. The summed E-state index contributed by atoms with van der Waals surface area (Å²) in [4.78, 5) is 47.1. The predicted octanol–water partition coefficient (Wildman–Crippen LogP) is 4.01. The normalized spacial score (nSPS) is 18.6. The van der Waals surface area contributed by atoms with E-state index in [1.165, 1.54) is 28.0 Å². The van der Waals surface area contributed by atoms with Gasteiger partial charge in [-0.1, -0.05) is 38.1 Å². The molecule has 0 bridgehead atoms. The summed E-state index contributed by atoms with van der Waals surface area (Å²) in [5.41, 5.74) is -0.138. The average Bonchev–Trinajstić information content (AvgIpc) is 3.22. The van der Waals surface area contributed by atoms with E-state index in [0.717, 1.165) is 6.07 Å². The number of pyridine rings is 1. The summed E-state index contributed by atoms with van der Waals surface area (Å²) < 4.78 is 41.6. The zero-order valence-corrected chi connectivity index (χ0v) is 21.4. The highest BCUT2D eigenvalue weighted by Crippen LogP contribution is 2.42. The van der Waals surface area contributed by atoms with Crippen molar-refractivity contribution in [3.8, 4) is 0 Å². The van der Waals surface area contributed by atoms with Crippen LogP contribution in [0.2, 0.25) is 0 Å². The maximum absolute atomic E-state index is 13.9. The molecule has 0 fully saturated rings. The van der Waals surface area contributed by atoms with Crippen molar-refractivity contribution in [3.63, 3.8) is 0 Å². The highest BCUT2D eigenvalue weighted by atomic mass is 19.4. The minimum Gasteiger partial charge on any atom is -0.349 e. The third-order valence-electron chi connectivity index (χ3n) is 6.69. The molecule has 8 nitrogen and oxygen atoms in total. The van der Waals surface area contributed by atoms with Crippen molar-refractivity contribution in [2.75, 3.05) is 13.1 Å². The molecule has 2 aliphatic rings. The van der Waals surface area contributed by atoms with Gasteiger partial charge in [0.1, 0.15) is 6.04 Å². The number of likely N-dealkylation sites (N-methyl/N-ethyl adjacent to an activating group) is 1. The topological polar surface area (TPSA) is 94.6 Å². The lowest BCUT2D eigenvalue weighted by atomic mass is 9.91. The molecule has 2 aromatic rings. The van der Waals surface area contributed by atoms with E-state index in [-0.39, 0.29) is 36.7 Å². The first-order chi connectivity index (χ1) is 18.0. The van der Waals surface area contributed by atoms with Crippen LogP contribution >= 0.6 is 0 Å². The number of carbonyl (C=O) groups excluding carboxylic acids is 3. The Morgan fingerprint density at radius 2 is 1.87 bits per heavy atom. The first-order valence-electron chi connectivity index (χ1n) is 12.5. The van der Waals surface area contributed by atoms with Gasteiger partial charge in [-0.25, -0.2) is 4.79 Å². The van der Waals surface area contributed by atoms with Gasteiger partial charge in [0.2, 0.25) is 5.91 Å². The predicted molar refractivity (Wildman–Crippen MR) is 133 cm³/mol. The summed E-state index contributed by atoms with van der Waals surface area (Å²) in [7, 11) is 0. The standard InChI is InChI=1S/C27H30F3N5O3/c1-4-34-21-15-35(20(13-16(2)3)24(36)32-14-17-9-7-8-12-31-17)25(37)22(21)23(33-26(34)38)18-10-5-6-11-19(18)27(28,29)30/h5-12,16,20,23H,4,13-15H2,1-3H3,(H,32,36)(H,33,38)/t20-,23-/m1/s1. The van der Waals surface area contributed by atoms with Gasteiger partial charge < -0.3 is 15.5 Å². The highest BCUT2D eigenvalue weighted by molar-refractivity contribution is 6.03.